The van der Waals surface area contributed by atoms with E-state index in [0.717, 1.165) is 11.1 Å². The van der Waals surface area contributed by atoms with Crippen molar-refractivity contribution < 1.29 is 14.6 Å². The first-order valence-corrected chi connectivity index (χ1v) is 6.56. The lowest BCUT2D eigenvalue weighted by Crippen LogP contribution is -2.20. The fourth-order valence-corrected chi connectivity index (χ4v) is 2.04. The first-order valence-electron chi connectivity index (χ1n) is 6.56. The van der Waals surface area contributed by atoms with Gasteiger partial charge in [0.15, 0.2) is 0 Å². The molecule has 0 aliphatic rings. The summed E-state index contributed by atoms with van der Waals surface area (Å²) in [5.74, 6) is -0.270. The summed E-state index contributed by atoms with van der Waals surface area (Å²) in [6.07, 6.45) is 0. The van der Waals surface area contributed by atoms with Gasteiger partial charge in [0.25, 0.3) is 0 Å². The van der Waals surface area contributed by atoms with Crippen LogP contribution in [0.1, 0.15) is 37.8 Å². The quantitative estimate of drug-likeness (QED) is 0.802. The molecule has 0 aliphatic carbocycles. The van der Waals surface area contributed by atoms with Gasteiger partial charge in [-0.15, -0.1) is 0 Å². The molecule has 0 aromatic heterocycles. The van der Waals surface area contributed by atoms with Crippen LogP contribution < -0.4 is 0 Å². The molecule has 0 amide bonds. The van der Waals surface area contributed by atoms with Crippen LogP contribution in [0.4, 0.5) is 0 Å². The van der Waals surface area contributed by atoms with Crippen molar-refractivity contribution in [3.05, 3.63) is 42.0 Å². The lowest BCUT2D eigenvalue weighted by molar-refractivity contribution is -0.146. The van der Waals surface area contributed by atoms with Crippen LogP contribution in [0.2, 0.25) is 0 Å². The van der Waals surface area contributed by atoms with Crippen LogP contribution in [0.5, 0.6) is 0 Å². The van der Waals surface area contributed by atoms with Gasteiger partial charge in [-0.3, -0.25) is 4.79 Å². The summed E-state index contributed by atoms with van der Waals surface area (Å²) in [4.78, 5) is 12.0. The van der Waals surface area contributed by atoms with E-state index in [-0.39, 0.29) is 24.4 Å². The van der Waals surface area contributed by atoms with E-state index in [2.05, 4.69) is 6.58 Å². The van der Waals surface area contributed by atoms with Crippen LogP contribution in [0, 0.1) is 5.92 Å². The Kier molecular flexibility index (Phi) is 5.77. The number of hydrogen-bond acceptors (Lipinski definition) is 3. The molecule has 0 bridgehead atoms. The number of aliphatic hydroxyl groups is 1. The molecule has 3 nitrogen and oxygen atoms in total. The molecule has 1 rings (SSSR count). The van der Waals surface area contributed by atoms with Gasteiger partial charge in [-0.2, -0.15) is 0 Å². The number of carbonyl (C=O) groups excluding carboxylic acids is 1. The molecule has 19 heavy (non-hydrogen) atoms. The molecule has 0 fully saturated rings. The van der Waals surface area contributed by atoms with Crippen molar-refractivity contribution in [1.82, 2.24) is 0 Å². The molecule has 3 heteroatoms. The Morgan fingerprint density at radius 1 is 1.32 bits per heavy atom. The number of carbonyl (C=O) groups is 1. The summed E-state index contributed by atoms with van der Waals surface area (Å²) in [6.45, 7) is 9.92. The summed E-state index contributed by atoms with van der Waals surface area (Å²) >= 11 is 0. The molecule has 0 heterocycles. The van der Waals surface area contributed by atoms with Gasteiger partial charge < -0.3 is 9.84 Å². The van der Waals surface area contributed by atoms with Gasteiger partial charge in [0, 0.05) is 0 Å². The van der Waals surface area contributed by atoms with Crippen molar-refractivity contribution in [3.63, 3.8) is 0 Å². The third-order valence-corrected chi connectivity index (χ3v) is 3.08. The van der Waals surface area contributed by atoms with E-state index < -0.39 is 0 Å². The topological polar surface area (TPSA) is 46.5 Å². The summed E-state index contributed by atoms with van der Waals surface area (Å²) in [7, 11) is 0. The molecule has 0 aliphatic heterocycles. The molecule has 0 saturated heterocycles. The molecule has 1 N–H and O–H groups in total. The zero-order chi connectivity index (χ0) is 14.4. The summed E-state index contributed by atoms with van der Waals surface area (Å²) in [5.41, 5.74) is 2.49. The fourth-order valence-electron chi connectivity index (χ4n) is 2.04. The normalized spacial score (nSPS) is 12.3. The van der Waals surface area contributed by atoms with Crippen molar-refractivity contribution in [2.75, 3.05) is 13.2 Å². The largest absolute Gasteiger partial charge is 0.466 e. The van der Waals surface area contributed by atoms with E-state index in [0.29, 0.717) is 12.2 Å². The smallest absolute Gasteiger partial charge is 0.313 e. The number of benzene rings is 1. The molecule has 0 saturated carbocycles. The van der Waals surface area contributed by atoms with Crippen molar-refractivity contribution in [3.8, 4) is 0 Å². The number of esters is 1. The zero-order valence-electron chi connectivity index (χ0n) is 11.8. The average Bonchev–Trinajstić information content (AvgIpc) is 2.38. The first-order chi connectivity index (χ1) is 9.01. The van der Waals surface area contributed by atoms with Gasteiger partial charge in [-0.25, -0.2) is 0 Å². The van der Waals surface area contributed by atoms with Crippen molar-refractivity contribution in [1.29, 1.82) is 0 Å². The molecule has 1 unspecified atom stereocenters. The number of hydrogen-bond donors (Lipinski definition) is 1. The summed E-state index contributed by atoms with van der Waals surface area (Å²) in [6, 6.07) is 7.56. The predicted molar refractivity (Wildman–Crippen MR) is 76.8 cm³/mol. The van der Waals surface area contributed by atoms with Gasteiger partial charge in [-0.05, 0) is 29.5 Å². The van der Waals surface area contributed by atoms with Crippen LogP contribution in [-0.2, 0) is 9.53 Å². The number of aliphatic hydroxyl groups excluding tert-OH is 1. The lowest BCUT2D eigenvalue weighted by Gasteiger charge is -2.19. The highest BCUT2D eigenvalue weighted by Crippen LogP contribution is 2.27. The van der Waals surface area contributed by atoms with Gasteiger partial charge in [0.1, 0.15) is 0 Å². The molecule has 104 valence electrons. The molecular weight excluding hydrogens is 240 g/mol. The van der Waals surface area contributed by atoms with Crippen LogP contribution in [0.3, 0.4) is 0 Å². The highest BCUT2D eigenvalue weighted by molar-refractivity contribution is 5.78. The maximum Gasteiger partial charge on any atom is 0.313 e. The number of ether oxygens (including phenoxy) is 1. The van der Waals surface area contributed by atoms with Crippen LogP contribution >= 0.6 is 0 Å². The maximum absolute atomic E-state index is 12.0. The van der Waals surface area contributed by atoms with Crippen molar-refractivity contribution in [2.45, 2.75) is 26.7 Å². The highest BCUT2D eigenvalue weighted by Gasteiger charge is 2.25. The van der Waals surface area contributed by atoms with Gasteiger partial charge in [0.05, 0.1) is 19.1 Å². The highest BCUT2D eigenvalue weighted by atomic mass is 16.5. The monoisotopic (exact) mass is 262 g/mol. The van der Waals surface area contributed by atoms with Crippen LogP contribution in [-0.4, -0.2) is 24.3 Å². The van der Waals surface area contributed by atoms with E-state index >= 15 is 0 Å². The Morgan fingerprint density at radius 2 is 1.89 bits per heavy atom. The maximum atomic E-state index is 12.0. The SMILES string of the molecule is C=C(CO)c1ccc(C(C(=O)OCC)C(C)C)cc1. The lowest BCUT2D eigenvalue weighted by atomic mass is 9.87. The number of rotatable bonds is 6. The van der Waals surface area contributed by atoms with E-state index in [9.17, 15) is 4.79 Å². The van der Waals surface area contributed by atoms with Gasteiger partial charge in [0.2, 0.25) is 0 Å². The van der Waals surface area contributed by atoms with E-state index in [1.165, 1.54) is 0 Å². The second-order valence-corrected chi connectivity index (χ2v) is 4.86. The Balaban J connectivity index is 2.98. The summed E-state index contributed by atoms with van der Waals surface area (Å²) in [5, 5.41) is 9.04. The molecule has 1 aromatic rings. The van der Waals surface area contributed by atoms with Crippen LogP contribution in [0.25, 0.3) is 5.57 Å². The minimum Gasteiger partial charge on any atom is -0.466 e. The van der Waals surface area contributed by atoms with Crippen molar-refractivity contribution in [2.24, 2.45) is 5.92 Å². The molecular formula is C16H22O3. The van der Waals surface area contributed by atoms with Crippen molar-refractivity contribution >= 4 is 11.5 Å². The van der Waals surface area contributed by atoms with Crippen LogP contribution in [0.15, 0.2) is 30.8 Å². The van der Waals surface area contributed by atoms with E-state index in [1.54, 1.807) is 0 Å². The van der Waals surface area contributed by atoms with E-state index in [4.69, 9.17) is 9.84 Å². The minimum atomic E-state index is -0.253. The standard InChI is InChI=1S/C16H22O3/c1-5-19-16(18)15(11(2)3)14-8-6-13(7-9-14)12(4)10-17/h6-9,11,15,17H,4-5,10H2,1-3H3. The molecule has 0 spiro atoms. The zero-order valence-corrected chi connectivity index (χ0v) is 11.8. The average molecular weight is 262 g/mol. The van der Waals surface area contributed by atoms with Gasteiger partial charge >= 0.3 is 5.97 Å². The Morgan fingerprint density at radius 3 is 2.32 bits per heavy atom. The third-order valence-electron chi connectivity index (χ3n) is 3.08. The van der Waals surface area contributed by atoms with E-state index in [1.807, 2.05) is 45.0 Å². The van der Waals surface area contributed by atoms with Gasteiger partial charge in [-0.1, -0.05) is 44.7 Å². The molecule has 0 radical (unpaired) electrons. The first kappa shape index (κ1) is 15.4. The third kappa shape index (κ3) is 3.93. The molecule has 1 aromatic carbocycles. The Labute approximate surface area is 114 Å². The summed E-state index contributed by atoms with van der Waals surface area (Å²) < 4.78 is 5.12. The predicted octanol–water partition coefficient (Wildman–Crippen LogP) is 2.99. The fraction of sp³-hybridized carbons (Fsp3) is 0.438. The Bertz CT molecular complexity index is 432. The minimum absolute atomic E-state index is 0.0647. The molecule has 1 atom stereocenters. The second-order valence-electron chi connectivity index (χ2n) is 4.86. The second kappa shape index (κ2) is 7.10. The Hall–Kier alpha value is -1.61.